The lowest BCUT2D eigenvalue weighted by molar-refractivity contribution is 0.551. The highest BCUT2D eigenvalue weighted by Crippen LogP contribution is 2.31. The summed E-state index contributed by atoms with van der Waals surface area (Å²) in [5.74, 6) is 0.384. The van der Waals surface area contributed by atoms with E-state index in [-0.39, 0.29) is 17.5 Å². The van der Waals surface area contributed by atoms with Gasteiger partial charge in [-0.2, -0.15) is 11.8 Å². The van der Waals surface area contributed by atoms with E-state index in [1.54, 1.807) is 11.8 Å². The van der Waals surface area contributed by atoms with Crippen molar-refractivity contribution in [1.82, 2.24) is 4.72 Å². The topological polar surface area (TPSA) is 72.2 Å². The van der Waals surface area contributed by atoms with Crippen LogP contribution in [0.3, 0.4) is 0 Å². The maximum atomic E-state index is 13.4. The molecule has 3 N–H and O–H groups in total. The van der Waals surface area contributed by atoms with Gasteiger partial charge in [0.05, 0.1) is 4.90 Å². The molecule has 0 aliphatic heterocycles. The Labute approximate surface area is 129 Å². The zero-order valence-corrected chi connectivity index (χ0v) is 13.6. The number of rotatable bonds is 6. The van der Waals surface area contributed by atoms with Crippen LogP contribution in [0, 0.1) is 5.82 Å². The maximum absolute atomic E-state index is 13.4. The zero-order valence-electron chi connectivity index (χ0n) is 12.0. The van der Waals surface area contributed by atoms with Crippen LogP contribution in [-0.2, 0) is 16.6 Å². The van der Waals surface area contributed by atoms with Gasteiger partial charge in [0, 0.05) is 17.8 Å². The third kappa shape index (κ3) is 3.97. The zero-order chi connectivity index (χ0) is 15.5. The average molecular weight is 332 g/mol. The molecule has 0 amide bonds. The summed E-state index contributed by atoms with van der Waals surface area (Å²) in [5.41, 5.74) is 5.99. The molecule has 0 radical (unpaired) electrons. The van der Waals surface area contributed by atoms with Crippen molar-refractivity contribution in [3.05, 3.63) is 29.6 Å². The number of thioether (sulfide) groups is 1. The number of hydrogen-bond acceptors (Lipinski definition) is 4. The summed E-state index contributed by atoms with van der Waals surface area (Å²) in [6.45, 7) is 2.13. The van der Waals surface area contributed by atoms with Gasteiger partial charge in [0.2, 0.25) is 10.0 Å². The minimum Gasteiger partial charge on any atom is -0.326 e. The van der Waals surface area contributed by atoms with E-state index in [1.165, 1.54) is 12.1 Å². The van der Waals surface area contributed by atoms with E-state index in [1.807, 2.05) is 0 Å². The molecule has 0 aromatic heterocycles. The highest BCUT2D eigenvalue weighted by Gasteiger charge is 2.32. The minimum absolute atomic E-state index is 0.0443. The van der Waals surface area contributed by atoms with Crippen molar-refractivity contribution in [3.63, 3.8) is 0 Å². The number of halogens is 1. The van der Waals surface area contributed by atoms with E-state index in [0.717, 1.165) is 31.1 Å². The molecule has 1 fully saturated rings. The van der Waals surface area contributed by atoms with Crippen LogP contribution in [0.1, 0.15) is 31.7 Å². The predicted molar refractivity (Wildman–Crippen MR) is 84.2 cm³/mol. The van der Waals surface area contributed by atoms with Gasteiger partial charge in [0.15, 0.2) is 0 Å². The van der Waals surface area contributed by atoms with Crippen LogP contribution in [0.4, 0.5) is 4.39 Å². The van der Waals surface area contributed by atoms with Gasteiger partial charge in [0.25, 0.3) is 0 Å². The van der Waals surface area contributed by atoms with Gasteiger partial charge in [0.1, 0.15) is 5.82 Å². The molecule has 2 atom stereocenters. The second-order valence-electron chi connectivity index (χ2n) is 5.11. The first kappa shape index (κ1) is 16.7. The molecular weight excluding hydrogens is 311 g/mol. The number of benzene rings is 1. The lowest BCUT2D eigenvalue weighted by atomic mass is 10.2. The Morgan fingerprint density at radius 2 is 2.19 bits per heavy atom. The summed E-state index contributed by atoms with van der Waals surface area (Å²) in [6.07, 6.45) is 2.85. The average Bonchev–Trinajstić information content (AvgIpc) is 2.86. The van der Waals surface area contributed by atoms with Crippen molar-refractivity contribution in [2.24, 2.45) is 5.73 Å². The molecule has 0 spiro atoms. The Morgan fingerprint density at radius 3 is 2.86 bits per heavy atom. The summed E-state index contributed by atoms with van der Waals surface area (Å²) >= 11 is 1.77. The molecule has 118 valence electrons. The van der Waals surface area contributed by atoms with Crippen LogP contribution in [0.2, 0.25) is 0 Å². The van der Waals surface area contributed by atoms with E-state index in [4.69, 9.17) is 5.73 Å². The SMILES string of the molecule is CCSC1CCCC1NS(=O)(=O)c1cc(F)ccc1CN. The summed E-state index contributed by atoms with van der Waals surface area (Å²) in [7, 11) is -3.74. The third-order valence-corrected chi connectivity index (χ3v) is 6.58. The van der Waals surface area contributed by atoms with Crippen molar-refractivity contribution < 1.29 is 12.8 Å². The summed E-state index contributed by atoms with van der Waals surface area (Å²) in [4.78, 5) is -0.0443. The molecule has 4 nitrogen and oxygen atoms in total. The van der Waals surface area contributed by atoms with Crippen LogP contribution in [-0.4, -0.2) is 25.5 Å². The Bertz CT molecular complexity index is 593. The number of sulfonamides is 1. The van der Waals surface area contributed by atoms with Crippen molar-refractivity contribution >= 4 is 21.8 Å². The molecule has 2 unspecified atom stereocenters. The lowest BCUT2D eigenvalue weighted by Crippen LogP contribution is -2.39. The van der Waals surface area contributed by atoms with Gasteiger partial charge in [-0.3, -0.25) is 0 Å². The first-order valence-corrected chi connectivity index (χ1v) is 9.63. The van der Waals surface area contributed by atoms with Crippen LogP contribution in [0.15, 0.2) is 23.1 Å². The van der Waals surface area contributed by atoms with Crippen molar-refractivity contribution in [1.29, 1.82) is 0 Å². The molecule has 1 aromatic rings. The normalized spacial score (nSPS) is 22.6. The van der Waals surface area contributed by atoms with Gasteiger partial charge in [-0.1, -0.05) is 19.4 Å². The molecule has 1 aliphatic rings. The first-order valence-electron chi connectivity index (χ1n) is 7.10. The van der Waals surface area contributed by atoms with Gasteiger partial charge in [-0.05, 0) is 36.3 Å². The maximum Gasteiger partial charge on any atom is 0.241 e. The van der Waals surface area contributed by atoms with E-state index in [2.05, 4.69) is 11.6 Å². The highest BCUT2D eigenvalue weighted by atomic mass is 32.2. The van der Waals surface area contributed by atoms with Crippen LogP contribution >= 0.6 is 11.8 Å². The number of hydrogen-bond donors (Lipinski definition) is 2. The van der Waals surface area contributed by atoms with Crippen molar-refractivity contribution in [3.8, 4) is 0 Å². The van der Waals surface area contributed by atoms with E-state index in [0.29, 0.717) is 10.8 Å². The summed E-state index contributed by atoms with van der Waals surface area (Å²) in [5, 5.41) is 0.291. The Balaban J connectivity index is 2.24. The largest absolute Gasteiger partial charge is 0.326 e. The summed E-state index contributed by atoms with van der Waals surface area (Å²) in [6, 6.07) is 3.61. The van der Waals surface area contributed by atoms with Gasteiger partial charge in [-0.25, -0.2) is 17.5 Å². The smallest absolute Gasteiger partial charge is 0.241 e. The molecule has 1 saturated carbocycles. The standard InChI is InChI=1S/C14H21FN2O2S2/c1-2-20-13-5-3-4-12(13)17-21(18,19)14-8-11(15)7-6-10(14)9-16/h6-8,12-13,17H,2-5,9,16H2,1H3. The fourth-order valence-electron chi connectivity index (χ4n) is 2.68. The Hall–Kier alpha value is -0.630. The Kier molecular flexibility index (Phi) is 5.65. The van der Waals surface area contributed by atoms with Gasteiger partial charge >= 0.3 is 0 Å². The van der Waals surface area contributed by atoms with Crippen molar-refractivity contribution in [2.45, 2.75) is 48.9 Å². The second kappa shape index (κ2) is 7.09. The first-order chi connectivity index (χ1) is 9.97. The summed E-state index contributed by atoms with van der Waals surface area (Å²) < 4.78 is 41.2. The third-order valence-electron chi connectivity index (χ3n) is 3.68. The fraction of sp³-hybridized carbons (Fsp3) is 0.571. The molecule has 0 bridgehead atoms. The molecule has 2 rings (SSSR count). The predicted octanol–water partition coefficient (Wildman–Crippen LogP) is 2.24. The highest BCUT2D eigenvalue weighted by molar-refractivity contribution is 8.00. The molecular formula is C14H21FN2O2S2. The molecule has 7 heteroatoms. The fourth-order valence-corrected chi connectivity index (χ4v) is 5.54. The number of nitrogens with two attached hydrogens (primary N) is 1. The quantitative estimate of drug-likeness (QED) is 0.838. The van der Waals surface area contributed by atoms with Gasteiger partial charge in [-0.15, -0.1) is 0 Å². The van der Waals surface area contributed by atoms with E-state index in [9.17, 15) is 12.8 Å². The molecule has 1 aromatic carbocycles. The monoisotopic (exact) mass is 332 g/mol. The lowest BCUT2D eigenvalue weighted by Gasteiger charge is -2.21. The van der Waals surface area contributed by atoms with Crippen LogP contribution in [0.5, 0.6) is 0 Å². The molecule has 1 aliphatic carbocycles. The van der Waals surface area contributed by atoms with E-state index < -0.39 is 15.8 Å². The van der Waals surface area contributed by atoms with Crippen molar-refractivity contribution in [2.75, 3.05) is 5.75 Å². The van der Waals surface area contributed by atoms with Crippen LogP contribution < -0.4 is 10.5 Å². The van der Waals surface area contributed by atoms with Gasteiger partial charge < -0.3 is 5.73 Å². The second-order valence-corrected chi connectivity index (χ2v) is 8.31. The molecule has 0 heterocycles. The van der Waals surface area contributed by atoms with Crippen LogP contribution in [0.25, 0.3) is 0 Å². The Morgan fingerprint density at radius 1 is 1.43 bits per heavy atom. The van der Waals surface area contributed by atoms with E-state index >= 15 is 0 Å². The minimum atomic E-state index is -3.74. The number of nitrogens with one attached hydrogen (secondary N) is 1. The molecule has 0 saturated heterocycles. The molecule has 21 heavy (non-hydrogen) atoms.